The largest absolute Gasteiger partial charge is 0.482 e. The summed E-state index contributed by atoms with van der Waals surface area (Å²) in [7, 11) is 0. The number of hydrogen-bond acceptors (Lipinski definition) is 5. The first-order valence-corrected chi connectivity index (χ1v) is 9.13. The molecule has 0 saturated carbocycles. The molecule has 0 radical (unpaired) electrons. The number of carbonyl (C=O) groups excluding carboxylic acids is 3. The van der Waals surface area contributed by atoms with Gasteiger partial charge in [0, 0.05) is 10.6 Å². The quantitative estimate of drug-likeness (QED) is 0.713. The van der Waals surface area contributed by atoms with Crippen LogP contribution in [0.25, 0.3) is 0 Å². The zero-order valence-electron chi connectivity index (χ0n) is 16.0. The topological polar surface area (TPSA) is 81.7 Å². The maximum absolute atomic E-state index is 11.9. The Bertz CT molecular complexity index is 865. The first kappa shape index (κ1) is 21.4. The molecule has 6 nitrogen and oxygen atoms in total. The number of rotatable bonds is 7. The van der Waals surface area contributed by atoms with E-state index >= 15 is 0 Å². The van der Waals surface area contributed by atoms with Crippen molar-refractivity contribution in [3.63, 3.8) is 0 Å². The molecule has 2 aromatic rings. The van der Waals surface area contributed by atoms with Gasteiger partial charge in [0.25, 0.3) is 11.8 Å². The van der Waals surface area contributed by atoms with E-state index in [1.54, 1.807) is 36.4 Å². The molecule has 0 aliphatic heterocycles. The number of benzene rings is 2. The minimum absolute atomic E-state index is 0.152. The summed E-state index contributed by atoms with van der Waals surface area (Å²) >= 11 is 6.14. The molecular formula is C21H22ClNO5. The van der Waals surface area contributed by atoms with Crippen molar-refractivity contribution in [2.24, 2.45) is 0 Å². The molecule has 0 spiro atoms. The molecule has 2 rings (SSSR count). The van der Waals surface area contributed by atoms with Gasteiger partial charge in [0.15, 0.2) is 13.2 Å². The fourth-order valence-corrected chi connectivity index (χ4v) is 2.57. The SMILES string of the molecule is Cc1cc(OCC(=O)OCC(=O)NC(=O)c2ccccc2)c(C(C)C)cc1Cl. The van der Waals surface area contributed by atoms with E-state index < -0.39 is 24.4 Å². The highest BCUT2D eigenvalue weighted by Crippen LogP contribution is 2.31. The molecule has 28 heavy (non-hydrogen) atoms. The summed E-state index contributed by atoms with van der Waals surface area (Å²) in [5, 5.41) is 2.78. The number of esters is 1. The summed E-state index contributed by atoms with van der Waals surface area (Å²) in [4.78, 5) is 35.5. The van der Waals surface area contributed by atoms with Crippen LogP contribution >= 0.6 is 11.6 Å². The second-order valence-corrected chi connectivity index (χ2v) is 6.89. The normalized spacial score (nSPS) is 10.5. The molecule has 0 fully saturated rings. The fraction of sp³-hybridized carbons (Fsp3) is 0.286. The number of nitrogens with one attached hydrogen (secondary N) is 1. The summed E-state index contributed by atoms with van der Waals surface area (Å²) < 4.78 is 10.4. The Kier molecular flexibility index (Phi) is 7.58. The van der Waals surface area contributed by atoms with Crippen molar-refractivity contribution in [1.29, 1.82) is 0 Å². The summed E-state index contributed by atoms with van der Waals surface area (Å²) in [5.74, 6) is -1.30. The Balaban J connectivity index is 1.84. The van der Waals surface area contributed by atoms with Gasteiger partial charge < -0.3 is 9.47 Å². The number of amides is 2. The molecule has 0 bridgehead atoms. The Morgan fingerprint density at radius 3 is 2.39 bits per heavy atom. The van der Waals surface area contributed by atoms with Crippen molar-refractivity contribution < 1.29 is 23.9 Å². The van der Waals surface area contributed by atoms with E-state index in [1.807, 2.05) is 26.8 Å². The lowest BCUT2D eigenvalue weighted by atomic mass is 10.0. The zero-order valence-corrected chi connectivity index (χ0v) is 16.7. The third-order valence-electron chi connectivity index (χ3n) is 3.91. The Morgan fingerprint density at radius 2 is 1.75 bits per heavy atom. The summed E-state index contributed by atoms with van der Waals surface area (Å²) in [6, 6.07) is 11.8. The van der Waals surface area contributed by atoms with Crippen LogP contribution in [0.4, 0.5) is 0 Å². The molecule has 7 heteroatoms. The molecule has 0 heterocycles. The number of carbonyl (C=O) groups is 3. The van der Waals surface area contributed by atoms with E-state index in [4.69, 9.17) is 21.1 Å². The van der Waals surface area contributed by atoms with E-state index in [-0.39, 0.29) is 12.5 Å². The van der Waals surface area contributed by atoms with Crippen LogP contribution in [0.5, 0.6) is 5.75 Å². The summed E-state index contributed by atoms with van der Waals surface area (Å²) in [5.41, 5.74) is 2.03. The molecule has 0 saturated heterocycles. The first-order chi connectivity index (χ1) is 13.3. The second kappa shape index (κ2) is 9.90. The zero-order chi connectivity index (χ0) is 20.7. The van der Waals surface area contributed by atoms with Gasteiger partial charge >= 0.3 is 5.97 Å². The van der Waals surface area contributed by atoms with Crippen LogP contribution in [0.15, 0.2) is 42.5 Å². The van der Waals surface area contributed by atoms with E-state index in [1.165, 1.54) is 0 Å². The van der Waals surface area contributed by atoms with Crippen LogP contribution < -0.4 is 10.1 Å². The highest BCUT2D eigenvalue weighted by molar-refractivity contribution is 6.31. The van der Waals surface area contributed by atoms with Gasteiger partial charge in [0.1, 0.15) is 5.75 Å². The van der Waals surface area contributed by atoms with Gasteiger partial charge in [-0.15, -0.1) is 0 Å². The predicted octanol–water partition coefficient (Wildman–Crippen LogP) is 3.65. The molecule has 0 aliphatic rings. The molecule has 2 aromatic carbocycles. The number of hydrogen-bond donors (Lipinski definition) is 1. The highest BCUT2D eigenvalue weighted by Gasteiger charge is 2.15. The third-order valence-corrected chi connectivity index (χ3v) is 4.32. The maximum Gasteiger partial charge on any atom is 0.344 e. The van der Waals surface area contributed by atoms with Crippen LogP contribution in [0, 0.1) is 6.92 Å². The van der Waals surface area contributed by atoms with Crippen LogP contribution in [-0.4, -0.2) is 31.0 Å². The van der Waals surface area contributed by atoms with Gasteiger partial charge in [-0.3, -0.25) is 14.9 Å². The Morgan fingerprint density at radius 1 is 1.07 bits per heavy atom. The van der Waals surface area contributed by atoms with Crippen molar-refractivity contribution in [1.82, 2.24) is 5.32 Å². The maximum atomic E-state index is 11.9. The molecule has 2 amide bonds. The predicted molar refractivity (Wildman–Crippen MR) is 106 cm³/mol. The Labute approximate surface area is 168 Å². The fourth-order valence-electron chi connectivity index (χ4n) is 2.40. The molecule has 0 aliphatic carbocycles. The average Bonchev–Trinajstić information content (AvgIpc) is 2.67. The summed E-state index contributed by atoms with van der Waals surface area (Å²) in [6.07, 6.45) is 0. The number of halogens is 1. The van der Waals surface area contributed by atoms with Gasteiger partial charge in [-0.1, -0.05) is 43.6 Å². The average molecular weight is 404 g/mol. The third kappa shape index (κ3) is 6.09. The molecule has 1 N–H and O–H groups in total. The summed E-state index contributed by atoms with van der Waals surface area (Å²) in [6.45, 7) is 4.88. The number of aryl methyl sites for hydroxylation is 1. The smallest absolute Gasteiger partial charge is 0.344 e. The van der Waals surface area contributed by atoms with Gasteiger partial charge in [0.05, 0.1) is 0 Å². The van der Waals surface area contributed by atoms with Gasteiger partial charge in [-0.05, 0) is 48.2 Å². The van der Waals surface area contributed by atoms with Crippen molar-refractivity contribution in [2.75, 3.05) is 13.2 Å². The van der Waals surface area contributed by atoms with Crippen LogP contribution in [0.1, 0.15) is 41.3 Å². The minimum atomic E-state index is -0.718. The van der Waals surface area contributed by atoms with E-state index in [0.717, 1.165) is 11.1 Å². The van der Waals surface area contributed by atoms with E-state index in [2.05, 4.69) is 5.32 Å². The first-order valence-electron chi connectivity index (χ1n) is 8.75. The molecule has 148 valence electrons. The number of imide groups is 1. The van der Waals surface area contributed by atoms with Gasteiger partial charge in [0.2, 0.25) is 0 Å². The van der Waals surface area contributed by atoms with E-state index in [0.29, 0.717) is 16.3 Å². The van der Waals surface area contributed by atoms with Crippen LogP contribution in [-0.2, 0) is 14.3 Å². The highest BCUT2D eigenvalue weighted by atomic mass is 35.5. The molecule has 0 unspecified atom stereocenters. The lowest BCUT2D eigenvalue weighted by molar-refractivity contribution is -0.150. The second-order valence-electron chi connectivity index (χ2n) is 6.49. The van der Waals surface area contributed by atoms with Crippen molar-refractivity contribution >= 4 is 29.4 Å². The molecule has 0 aromatic heterocycles. The van der Waals surface area contributed by atoms with Crippen molar-refractivity contribution in [3.8, 4) is 5.75 Å². The van der Waals surface area contributed by atoms with Gasteiger partial charge in [-0.25, -0.2) is 4.79 Å². The lowest BCUT2D eigenvalue weighted by Crippen LogP contribution is -2.34. The van der Waals surface area contributed by atoms with Crippen molar-refractivity contribution in [3.05, 3.63) is 64.2 Å². The Hall–Kier alpha value is -2.86. The minimum Gasteiger partial charge on any atom is -0.482 e. The van der Waals surface area contributed by atoms with Crippen LogP contribution in [0.2, 0.25) is 5.02 Å². The van der Waals surface area contributed by atoms with E-state index in [9.17, 15) is 14.4 Å². The monoisotopic (exact) mass is 403 g/mol. The number of ether oxygens (including phenoxy) is 2. The van der Waals surface area contributed by atoms with Gasteiger partial charge in [-0.2, -0.15) is 0 Å². The van der Waals surface area contributed by atoms with Crippen molar-refractivity contribution in [2.45, 2.75) is 26.7 Å². The molecular weight excluding hydrogens is 382 g/mol. The lowest BCUT2D eigenvalue weighted by Gasteiger charge is -2.15. The molecule has 0 atom stereocenters. The standard InChI is InChI=1S/C21H22ClNO5/c1-13(2)16-10-17(22)14(3)9-18(16)27-12-20(25)28-11-19(24)23-21(26)15-7-5-4-6-8-15/h4-10,13H,11-12H2,1-3H3,(H,23,24,26). The van der Waals surface area contributed by atoms with Crippen LogP contribution in [0.3, 0.4) is 0 Å².